The number of pyridine rings is 1. The van der Waals surface area contributed by atoms with Crippen LogP contribution in [-0.4, -0.2) is 40.1 Å². The second-order valence-corrected chi connectivity index (χ2v) is 5.59. The number of carbonyl (C=O) groups is 1. The van der Waals surface area contributed by atoms with Crippen LogP contribution >= 0.6 is 0 Å². The minimum absolute atomic E-state index is 0.270. The SMILES string of the molecule is CN(C)c1cc(CNC(=O)Nc2ccc(-n3nccn3)cc2)ccn1. The average Bonchev–Trinajstić information content (AvgIpc) is 3.15. The lowest BCUT2D eigenvalue weighted by atomic mass is 10.2. The Bertz CT molecular complexity index is 828. The third-order valence-electron chi connectivity index (χ3n) is 3.50. The van der Waals surface area contributed by atoms with Crippen molar-refractivity contribution in [3.05, 3.63) is 60.6 Å². The maximum atomic E-state index is 12.0. The highest BCUT2D eigenvalue weighted by Gasteiger charge is 2.04. The second-order valence-electron chi connectivity index (χ2n) is 5.59. The van der Waals surface area contributed by atoms with Gasteiger partial charge in [-0.25, -0.2) is 9.78 Å². The average molecular weight is 337 g/mol. The van der Waals surface area contributed by atoms with Gasteiger partial charge in [-0.3, -0.25) is 0 Å². The summed E-state index contributed by atoms with van der Waals surface area (Å²) in [6.45, 7) is 0.421. The minimum Gasteiger partial charge on any atom is -0.363 e. The van der Waals surface area contributed by atoms with E-state index in [4.69, 9.17) is 0 Å². The third-order valence-corrected chi connectivity index (χ3v) is 3.50. The van der Waals surface area contributed by atoms with Crippen LogP contribution in [-0.2, 0) is 6.54 Å². The summed E-state index contributed by atoms with van der Waals surface area (Å²) < 4.78 is 0. The summed E-state index contributed by atoms with van der Waals surface area (Å²) in [6.07, 6.45) is 4.95. The predicted octanol–water partition coefficient (Wildman–Crippen LogP) is 2.05. The van der Waals surface area contributed by atoms with Gasteiger partial charge in [0.15, 0.2) is 0 Å². The van der Waals surface area contributed by atoms with E-state index in [1.165, 1.54) is 4.80 Å². The molecule has 0 aliphatic carbocycles. The third kappa shape index (κ3) is 4.31. The van der Waals surface area contributed by atoms with E-state index in [2.05, 4.69) is 25.8 Å². The maximum absolute atomic E-state index is 12.0. The predicted molar refractivity (Wildman–Crippen MR) is 95.8 cm³/mol. The number of aromatic nitrogens is 4. The highest BCUT2D eigenvalue weighted by molar-refractivity contribution is 5.89. The van der Waals surface area contributed by atoms with E-state index in [1.54, 1.807) is 30.7 Å². The van der Waals surface area contributed by atoms with Crippen molar-refractivity contribution in [2.24, 2.45) is 0 Å². The zero-order valence-corrected chi connectivity index (χ0v) is 14.0. The Morgan fingerprint density at radius 2 is 1.80 bits per heavy atom. The van der Waals surface area contributed by atoms with Gasteiger partial charge < -0.3 is 15.5 Å². The summed E-state index contributed by atoms with van der Waals surface area (Å²) >= 11 is 0. The summed E-state index contributed by atoms with van der Waals surface area (Å²) in [4.78, 5) is 19.7. The van der Waals surface area contributed by atoms with E-state index in [0.29, 0.717) is 12.2 Å². The highest BCUT2D eigenvalue weighted by atomic mass is 16.2. The molecule has 3 rings (SSSR count). The minimum atomic E-state index is -0.270. The smallest absolute Gasteiger partial charge is 0.319 e. The number of benzene rings is 1. The number of nitrogens with one attached hydrogen (secondary N) is 2. The van der Waals surface area contributed by atoms with Crippen molar-refractivity contribution in [2.75, 3.05) is 24.3 Å². The maximum Gasteiger partial charge on any atom is 0.319 e. The Labute approximate surface area is 145 Å². The van der Waals surface area contributed by atoms with Gasteiger partial charge in [-0.05, 0) is 42.0 Å². The molecule has 0 saturated carbocycles. The lowest BCUT2D eigenvalue weighted by molar-refractivity contribution is 0.251. The van der Waals surface area contributed by atoms with Gasteiger partial charge in [-0.1, -0.05) is 0 Å². The monoisotopic (exact) mass is 337 g/mol. The van der Waals surface area contributed by atoms with Gasteiger partial charge in [-0.15, -0.1) is 0 Å². The summed E-state index contributed by atoms with van der Waals surface area (Å²) in [5.41, 5.74) is 2.50. The molecule has 1 aromatic carbocycles. The fourth-order valence-corrected chi connectivity index (χ4v) is 2.20. The molecular formula is C17H19N7O. The fourth-order valence-electron chi connectivity index (χ4n) is 2.20. The molecule has 25 heavy (non-hydrogen) atoms. The first-order chi connectivity index (χ1) is 12.1. The van der Waals surface area contributed by atoms with Crippen LogP contribution < -0.4 is 15.5 Å². The molecule has 2 aromatic heterocycles. The van der Waals surface area contributed by atoms with Gasteiger partial charge in [0.05, 0.1) is 18.1 Å². The number of nitrogens with zero attached hydrogens (tertiary/aromatic N) is 5. The van der Waals surface area contributed by atoms with Crippen LogP contribution in [0.15, 0.2) is 55.0 Å². The Morgan fingerprint density at radius 3 is 2.48 bits per heavy atom. The topological polar surface area (TPSA) is 88.0 Å². The lowest BCUT2D eigenvalue weighted by Crippen LogP contribution is -2.28. The fraction of sp³-hybridized carbons (Fsp3) is 0.176. The molecule has 8 heteroatoms. The molecule has 2 heterocycles. The standard InChI is InChI=1S/C17H19N7O/c1-23(2)16-11-13(7-8-18-16)12-19-17(25)22-14-3-5-15(6-4-14)24-20-9-10-21-24/h3-11H,12H2,1-2H3,(H2,19,22,25). The first-order valence-electron chi connectivity index (χ1n) is 7.76. The van der Waals surface area contributed by atoms with Crippen molar-refractivity contribution in [2.45, 2.75) is 6.54 Å². The van der Waals surface area contributed by atoms with Crippen LogP contribution in [0, 0.1) is 0 Å². The molecule has 0 fully saturated rings. The van der Waals surface area contributed by atoms with Crippen LogP contribution in [0.5, 0.6) is 0 Å². The Morgan fingerprint density at radius 1 is 1.08 bits per heavy atom. The number of amides is 2. The Kier molecular flexibility index (Phi) is 4.89. The highest BCUT2D eigenvalue weighted by Crippen LogP contribution is 2.12. The van der Waals surface area contributed by atoms with Gasteiger partial charge >= 0.3 is 6.03 Å². The van der Waals surface area contributed by atoms with E-state index < -0.39 is 0 Å². The summed E-state index contributed by atoms with van der Waals surface area (Å²) in [5, 5.41) is 13.7. The number of hydrogen-bond acceptors (Lipinski definition) is 5. The van der Waals surface area contributed by atoms with Gasteiger partial charge in [0.25, 0.3) is 0 Å². The summed E-state index contributed by atoms with van der Waals surface area (Å²) in [6, 6.07) is 10.8. The quantitative estimate of drug-likeness (QED) is 0.744. The molecule has 0 bridgehead atoms. The van der Waals surface area contributed by atoms with Crippen molar-refractivity contribution < 1.29 is 4.79 Å². The van der Waals surface area contributed by atoms with Crippen LogP contribution in [0.25, 0.3) is 5.69 Å². The molecule has 8 nitrogen and oxygen atoms in total. The molecule has 0 spiro atoms. The molecule has 128 valence electrons. The van der Waals surface area contributed by atoms with Crippen LogP contribution in [0.4, 0.5) is 16.3 Å². The van der Waals surface area contributed by atoms with Gasteiger partial charge in [-0.2, -0.15) is 15.0 Å². The largest absolute Gasteiger partial charge is 0.363 e. The first-order valence-corrected chi connectivity index (χ1v) is 7.76. The van der Waals surface area contributed by atoms with E-state index in [1.807, 2.05) is 43.3 Å². The van der Waals surface area contributed by atoms with Crippen molar-refractivity contribution in [1.82, 2.24) is 25.3 Å². The Hall–Kier alpha value is -3.42. The number of urea groups is 1. The van der Waals surface area contributed by atoms with Crippen LogP contribution in [0.2, 0.25) is 0 Å². The van der Waals surface area contributed by atoms with Gasteiger partial charge in [0.2, 0.25) is 0 Å². The normalized spacial score (nSPS) is 10.3. The van der Waals surface area contributed by atoms with Crippen molar-refractivity contribution >= 4 is 17.5 Å². The first kappa shape index (κ1) is 16.4. The Balaban J connectivity index is 1.55. The van der Waals surface area contributed by atoms with Crippen molar-refractivity contribution in [3.63, 3.8) is 0 Å². The lowest BCUT2D eigenvalue weighted by Gasteiger charge is -2.13. The second kappa shape index (κ2) is 7.43. The molecule has 0 aliphatic heterocycles. The molecule has 2 N–H and O–H groups in total. The number of carbonyl (C=O) groups excluding carboxylic acids is 1. The van der Waals surface area contributed by atoms with Gasteiger partial charge in [0.1, 0.15) is 5.82 Å². The molecule has 2 amide bonds. The van der Waals surface area contributed by atoms with Gasteiger partial charge in [0, 0.05) is 32.5 Å². The number of hydrogen-bond donors (Lipinski definition) is 2. The number of rotatable bonds is 5. The zero-order valence-electron chi connectivity index (χ0n) is 14.0. The molecule has 0 aliphatic rings. The molecule has 0 radical (unpaired) electrons. The van der Waals surface area contributed by atoms with Crippen LogP contribution in [0.1, 0.15) is 5.56 Å². The van der Waals surface area contributed by atoms with E-state index >= 15 is 0 Å². The molecule has 3 aromatic rings. The van der Waals surface area contributed by atoms with E-state index in [-0.39, 0.29) is 6.03 Å². The molecule has 0 saturated heterocycles. The molecule has 0 unspecified atom stereocenters. The van der Waals surface area contributed by atoms with E-state index in [9.17, 15) is 4.79 Å². The van der Waals surface area contributed by atoms with E-state index in [0.717, 1.165) is 17.1 Å². The summed E-state index contributed by atoms with van der Waals surface area (Å²) in [5.74, 6) is 0.850. The molecular weight excluding hydrogens is 318 g/mol. The molecule has 0 atom stereocenters. The van der Waals surface area contributed by atoms with Crippen molar-refractivity contribution in [3.8, 4) is 5.69 Å². The summed E-state index contributed by atoms with van der Waals surface area (Å²) in [7, 11) is 3.85. The zero-order chi connectivity index (χ0) is 17.6. The number of anilines is 2. The van der Waals surface area contributed by atoms with Crippen molar-refractivity contribution in [1.29, 1.82) is 0 Å². The van der Waals surface area contributed by atoms with Crippen LogP contribution in [0.3, 0.4) is 0 Å².